The molecule has 0 aromatic rings. The number of Topliss-reactive ketones (excluding diaryl/α,β-unsaturated/α-hetero) is 1. The third-order valence-electron chi connectivity index (χ3n) is 4.46. The van der Waals surface area contributed by atoms with Gasteiger partial charge in [0.05, 0.1) is 0 Å². The molecule has 0 atom stereocenters. The van der Waals surface area contributed by atoms with E-state index in [1.54, 1.807) is 0 Å². The largest absolute Gasteiger partial charge is 0.382 e. The van der Waals surface area contributed by atoms with Crippen LogP contribution in [0.1, 0.15) is 96.8 Å². The second-order valence-electron chi connectivity index (χ2n) is 6.24. The van der Waals surface area contributed by atoms with Crippen LogP contribution in [0.15, 0.2) is 0 Å². The summed E-state index contributed by atoms with van der Waals surface area (Å²) in [5.41, 5.74) is -0.974. The van der Waals surface area contributed by atoms with E-state index in [9.17, 15) is 9.90 Å². The Morgan fingerprint density at radius 1 is 0.895 bits per heavy atom. The first-order valence-electron chi connectivity index (χ1n) is 8.45. The molecule has 2 heteroatoms. The Morgan fingerprint density at radius 3 is 2.00 bits per heavy atom. The molecule has 1 aliphatic carbocycles. The number of ketones is 1. The lowest BCUT2D eigenvalue weighted by atomic mass is 9.87. The smallest absolute Gasteiger partial charge is 0.164 e. The number of aliphatic hydroxyl groups is 1. The molecular formula is C17H32O2. The molecule has 112 valence electrons. The molecule has 0 saturated heterocycles. The predicted molar refractivity (Wildman–Crippen MR) is 80.3 cm³/mol. The molecule has 0 unspecified atom stereocenters. The highest BCUT2D eigenvalue weighted by Crippen LogP contribution is 2.29. The van der Waals surface area contributed by atoms with Gasteiger partial charge in [0, 0.05) is 6.42 Å². The van der Waals surface area contributed by atoms with Gasteiger partial charge in [-0.05, 0) is 19.3 Å². The predicted octanol–water partition coefficient (Wildman–Crippen LogP) is 4.78. The number of carbonyl (C=O) groups excluding carboxylic acids is 1. The molecule has 0 spiro atoms. The molecule has 1 N–H and O–H groups in total. The lowest BCUT2D eigenvalue weighted by Crippen LogP contribution is -2.37. The van der Waals surface area contributed by atoms with Crippen LogP contribution in [0.5, 0.6) is 0 Å². The minimum Gasteiger partial charge on any atom is -0.382 e. The van der Waals surface area contributed by atoms with Crippen molar-refractivity contribution in [3.05, 3.63) is 0 Å². The van der Waals surface area contributed by atoms with E-state index in [-0.39, 0.29) is 5.78 Å². The first kappa shape index (κ1) is 16.7. The third-order valence-corrected chi connectivity index (χ3v) is 4.46. The number of hydrogen-bond donors (Lipinski definition) is 1. The van der Waals surface area contributed by atoms with E-state index in [0.29, 0.717) is 19.3 Å². The fourth-order valence-electron chi connectivity index (χ4n) is 3.07. The van der Waals surface area contributed by atoms with Crippen LogP contribution in [0.4, 0.5) is 0 Å². The summed E-state index contributed by atoms with van der Waals surface area (Å²) in [6.45, 7) is 2.23. The van der Waals surface area contributed by atoms with E-state index in [0.717, 1.165) is 25.7 Å². The molecule has 1 fully saturated rings. The summed E-state index contributed by atoms with van der Waals surface area (Å²) in [6.07, 6.45) is 14.9. The molecule has 0 bridgehead atoms. The molecule has 0 aliphatic heterocycles. The summed E-state index contributed by atoms with van der Waals surface area (Å²) >= 11 is 0. The Labute approximate surface area is 119 Å². The fraction of sp³-hybridized carbons (Fsp3) is 0.941. The third kappa shape index (κ3) is 6.56. The molecule has 2 nitrogen and oxygen atoms in total. The van der Waals surface area contributed by atoms with Gasteiger partial charge in [0.15, 0.2) is 5.78 Å². The number of rotatable bonds is 9. The average molecular weight is 268 g/mol. The topological polar surface area (TPSA) is 37.3 Å². The maximum absolute atomic E-state index is 12.2. The summed E-state index contributed by atoms with van der Waals surface area (Å²) in [5.74, 6) is 0.114. The Balaban J connectivity index is 2.12. The van der Waals surface area contributed by atoms with Gasteiger partial charge in [-0.25, -0.2) is 0 Å². The van der Waals surface area contributed by atoms with Crippen LogP contribution < -0.4 is 0 Å². The van der Waals surface area contributed by atoms with Gasteiger partial charge in [0.1, 0.15) is 5.60 Å². The molecule has 0 aromatic heterocycles. The van der Waals surface area contributed by atoms with Crippen molar-refractivity contribution in [2.75, 3.05) is 0 Å². The zero-order chi connectivity index (χ0) is 14.0. The highest BCUT2D eigenvalue weighted by molar-refractivity contribution is 5.86. The van der Waals surface area contributed by atoms with Gasteiger partial charge in [0.25, 0.3) is 0 Å². The summed E-state index contributed by atoms with van der Waals surface area (Å²) in [4.78, 5) is 12.2. The second-order valence-corrected chi connectivity index (χ2v) is 6.24. The molecule has 0 heterocycles. The number of carbonyl (C=O) groups is 1. The molecule has 0 aromatic carbocycles. The maximum Gasteiger partial charge on any atom is 0.164 e. The van der Waals surface area contributed by atoms with Gasteiger partial charge in [-0.3, -0.25) is 4.79 Å². The van der Waals surface area contributed by atoms with E-state index in [2.05, 4.69) is 6.92 Å². The fourth-order valence-corrected chi connectivity index (χ4v) is 3.07. The van der Waals surface area contributed by atoms with Crippen LogP contribution in [0.25, 0.3) is 0 Å². The van der Waals surface area contributed by atoms with Gasteiger partial charge < -0.3 is 5.11 Å². The number of unbranched alkanes of at least 4 members (excludes halogenated alkanes) is 6. The van der Waals surface area contributed by atoms with Crippen LogP contribution in [0.2, 0.25) is 0 Å². The van der Waals surface area contributed by atoms with Crippen molar-refractivity contribution in [2.45, 2.75) is 102 Å². The molecule has 1 rings (SSSR count). The van der Waals surface area contributed by atoms with E-state index < -0.39 is 5.60 Å². The van der Waals surface area contributed by atoms with Crippen molar-refractivity contribution in [1.82, 2.24) is 0 Å². The highest BCUT2D eigenvalue weighted by atomic mass is 16.3. The summed E-state index contributed by atoms with van der Waals surface area (Å²) in [6, 6.07) is 0. The quantitative estimate of drug-likeness (QED) is 0.482. The van der Waals surface area contributed by atoms with E-state index in [4.69, 9.17) is 0 Å². The molecule has 0 radical (unpaired) electrons. The van der Waals surface area contributed by atoms with Crippen molar-refractivity contribution in [1.29, 1.82) is 0 Å². The van der Waals surface area contributed by atoms with Crippen LogP contribution >= 0.6 is 0 Å². The van der Waals surface area contributed by atoms with Crippen molar-refractivity contribution in [3.63, 3.8) is 0 Å². The molecule has 19 heavy (non-hydrogen) atoms. The summed E-state index contributed by atoms with van der Waals surface area (Å²) in [7, 11) is 0. The number of hydrogen-bond acceptors (Lipinski definition) is 2. The molecule has 1 saturated carbocycles. The zero-order valence-corrected chi connectivity index (χ0v) is 12.8. The van der Waals surface area contributed by atoms with Crippen molar-refractivity contribution < 1.29 is 9.90 Å². The van der Waals surface area contributed by atoms with Crippen LogP contribution in [0.3, 0.4) is 0 Å². The van der Waals surface area contributed by atoms with Crippen molar-refractivity contribution in [3.8, 4) is 0 Å². The van der Waals surface area contributed by atoms with Crippen molar-refractivity contribution in [2.24, 2.45) is 0 Å². The first-order chi connectivity index (χ1) is 9.19. The molecule has 1 aliphatic rings. The summed E-state index contributed by atoms with van der Waals surface area (Å²) < 4.78 is 0. The molecule has 0 amide bonds. The zero-order valence-electron chi connectivity index (χ0n) is 12.8. The highest BCUT2D eigenvalue weighted by Gasteiger charge is 2.34. The maximum atomic E-state index is 12.2. The Kier molecular flexibility index (Phi) is 8.36. The molecular weight excluding hydrogens is 236 g/mol. The first-order valence-corrected chi connectivity index (χ1v) is 8.45. The van der Waals surface area contributed by atoms with E-state index >= 15 is 0 Å². The van der Waals surface area contributed by atoms with Gasteiger partial charge >= 0.3 is 0 Å². The summed E-state index contributed by atoms with van der Waals surface area (Å²) in [5, 5.41) is 10.4. The van der Waals surface area contributed by atoms with Crippen LogP contribution in [-0.2, 0) is 4.79 Å². The van der Waals surface area contributed by atoms with Crippen LogP contribution in [0, 0.1) is 0 Å². The second kappa shape index (κ2) is 9.52. The Morgan fingerprint density at radius 2 is 1.42 bits per heavy atom. The lowest BCUT2D eigenvalue weighted by molar-refractivity contribution is -0.138. The van der Waals surface area contributed by atoms with E-state index in [1.165, 1.54) is 44.9 Å². The van der Waals surface area contributed by atoms with E-state index in [1.807, 2.05) is 0 Å². The normalized spacial score (nSPS) is 19.1. The van der Waals surface area contributed by atoms with Crippen molar-refractivity contribution >= 4 is 5.78 Å². The van der Waals surface area contributed by atoms with Gasteiger partial charge in [0.2, 0.25) is 0 Å². The SMILES string of the molecule is CCCCCCCCCC(=O)C1(O)CCCCCC1. The van der Waals surface area contributed by atoms with Gasteiger partial charge in [-0.2, -0.15) is 0 Å². The minimum atomic E-state index is -0.974. The Bertz CT molecular complexity index is 240. The standard InChI is InChI=1S/C17H32O2/c1-2-3-4-5-6-7-10-13-16(18)17(19)14-11-8-9-12-15-17/h19H,2-15H2,1H3. The average Bonchev–Trinajstić information content (AvgIpc) is 2.63. The lowest BCUT2D eigenvalue weighted by Gasteiger charge is -2.24. The monoisotopic (exact) mass is 268 g/mol. The minimum absolute atomic E-state index is 0.114. The Hall–Kier alpha value is -0.370. The van der Waals surface area contributed by atoms with Gasteiger partial charge in [-0.15, -0.1) is 0 Å². The van der Waals surface area contributed by atoms with Gasteiger partial charge in [-0.1, -0.05) is 71.1 Å². The van der Waals surface area contributed by atoms with Crippen LogP contribution in [-0.4, -0.2) is 16.5 Å².